The Labute approximate surface area is 394 Å². The number of hydrogen-bond donors (Lipinski definition) is 5. The summed E-state index contributed by atoms with van der Waals surface area (Å²) in [6.45, 7) is 11.7. The highest BCUT2D eigenvalue weighted by molar-refractivity contribution is 7.93. The first kappa shape index (κ1) is 47.9. The molecule has 6 aromatic rings. The van der Waals surface area contributed by atoms with Gasteiger partial charge >= 0.3 is 0 Å². The molecule has 0 aromatic heterocycles. The molecule has 0 radical (unpaired) electrons. The van der Waals surface area contributed by atoms with Crippen molar-refractivity contribution in [3.8, 4) is 22.5 Å². The quantitative estimate of drug-likeness (QED) is 0.0601. The zero-order valence-corrected chi connectivity index (χ0v) is 41.2. The maximum atomic E-state index is 14.2. The summed E-state index contributed by atoms with van der Waals surface area (Å²) in [5, 5.41) is 5.22. The number of anilines is 4. The smallest absolute Gasteiger partial charge is 0.295 e. The standard InChI is InChI=1S/C49H46N4O11S4/c1-26-13-11-16-36-35(26)15-12-18-42(36)66(56,57)53-48-30(5)47(31(6)49(32(48)7)68(61,62)63)51-34-20-22-38-41(25-34)64-40-24-33(50-45-27(2)23-28(3)46(29(45)4)52-65(8,54)55)19-21-37(40)44(38)39-14-9-10-17-43(39)67(58,59)60/h9-25,51-53H,1-8H3,(H,58,59,60)(H,61,62,63). The molecule has 0 saturated carbocycles. The van der Waals surface area contributed by atoms with Crippen molar-refractivity contribution in [2.24, 2.45) is 4.99 Å². The second-order valence-electron chi connectivity index (χ2n) is 16.8. The zero-order valence-electron chi connectivity index (χ0n) is 38.0. The molecule has 0 fully saturated rings. The largest absolute Gasteiger partial charge is 0.456 e. The van der Waals surface area contributed by atoms with Crippen LogP contribution < -0.4 is 20.1 Å². The van der Waals surface area contributed by atoms with Crippen LogP contribution in [0.2, 0.25) is 0 Å². The molecule has 68 heavy (non-hydrogen) atoms. The average molecular weight is 995 g/mol. The molecule has 1 aliphatic heterocycles. The van der Waals surface area contributed by atoms with E-state index >= 15 is 0 Å². The van der Waals surface area contributed by atoms with Crippen LogP contribution in [0.4, 0.5) is 28.4 Å². The number of sulfonamides is 2. The van der Waals surface area contributed by atoms with Gasteiger partial charge in [-0.3, -0.25) is 18.5 Å². The molecule has 0 unspecified atom stereocenters. The normalized spacial score (nSPS) is 12.8. The van der Waals surface area contributed by atoms with Crippen LogP contribution in [0, 0.1) is 48.5 Å². The fourth-order valence-corrected chi connectivity index (χ4v) is 12.7. The minimum absolute atomic E-state index is 0.0321. The van der Waals surface area contributed by atoms with Gasteiger partial charge in [0.05, 0.1) is 33.6 Å². The molecule has 0 amide bonds. The van der Waals surface area contributed by atoms with E-state index in [0.717, 1.165) is 17.4 Å². The lowest BCUT2D eigenvalue weighted by molar-refractivity contribution is 0.480. The molecule has 5 N–H and O–H groups in total. The Kier molecular flexibility index (Phi) is 12.1. The van der Waals surface area contributed by atoms with Crippen LogP contribution in [0.5, 0.6) is 0 Å². The van der Waals surface area contributed by atoms with E-state index in [9.17, 15) is 42.8 Å². The fraction of sp³-hybridized carbons (Fsp3) is 0.163. The van der Waals surface area contributed by atoms with Crippen molar-refractivity contribution >= 4 is 90.5 Å². The van der Waals surface area contributed by atoms with E-state index in [1.54, 1.807) is 93.6 Å². The SMILES string of the molecule is Cc1cc(C)c(NS(C)(=O)=O)c(C)c1N=c1ccc2c(-c3ccccc3S(=O)(=O)O)c3ccc(Nc4c(C)c(NS(=O)(=O)c5cccc6c(C)cccc56)c(C)c(S(=O)(=O)O)c4C)cc3oc-2c1. The van der Waals surface area contributed by atoms with Crippen LogP contribution in [-0.4, -0.2) is 49.0 Å². The molecule has 0 saturated heterocycles. The third-order valence-electron chi connectivity index (χ3n) is 11.9. The monoisotopic (exact) mass is 994 g/mol. The summed E-state index contributed by atoms with van der Waals surface area (Å²) >= 11 is 0. The van der Waals surface area contributed by atoms with Crippen molar-refractivity contribution in [1.29, 1.82) is 0 Å². The first-order chi connectivity index (χ1) is 31.7. The highest BCUT2D eigenvalue weighted by Gasteiger charge is 2.29. The third-order valence-corrected chi connectivity index (χ3v) is 16.0. The number of nitrogens with zero attached hydrogens (tertiary/aromatic N) is 1. The van der Waals surface area contributed by atoms with Crippen molar-refractivity contribution in [1.82, 2.24) is 0 Å². The fourth-order valence-electron chi connectivity index (χ4n) is 8.96. The maximum Gasteiger partial charge on any atom is 0.295 e. The lowest BCUT2D eigenvalue weighted by atomic mass is 9.93. The van der Waals surface area contributed by atoms with Crippen LogP contribution in [-0.2, 0) is 40.3 Å². The summed E-state index contributed by atoms with van der Waals surface area (Å²) in [6, 6.07) is 27.8. The van der Waals surface area contributed by atoms with E-state index in [0.29, 0.717) is 66.4 Å². The number of rotatable bonds is 11. The van der Waals surface area contributed by atoms with E-state index in [1.165, 1.54) is 32.0 Å². The molecule has 8 rings (SSSR count). The molecule has 2 aliphatic rings. The van der Waals surface area contributed by atoms with Crippen molar-refractivity contribution < 1.29 is 47.2 Å². The van der Waals surface area contributed by atoms with Gasteiger partial charge in [-0.15, -0.1) is 0 Å². The molecule has 0 spiro atoms. The molecular formula is C49H46N4O11S4. The number of hydrogen-bond acceptors (Lipinski definition) is 11. The minimum Gasteiger partial charge on any atom is -0.456 e. The van der Waals surface area contributed by atoms with Crippen molar-refractivity contribution in [3.05, 3.63) is 147 Å². The Balaban J connectivity index is 1.33. The predicted molar refractivity (Wildman–Crippen MR) is 266 cm³/mol. The molecule has 19 heteroatoms. The van der Waals surface area contributed by atoms with Gasteiger partial charge < -0.3 is 9.73 Å². The Morgan fingerprint density at radius 1 is 0.529 bits per heavy atom. The van der Waals surface area contributed by atoms with Gasteiger partial charge in [0.25, 0.3) is 30.3 Å². The molecule has 1 heterocycles. The van der Waals surface area contributed by atoms with E-state index in [1.807, 2.05) is 26.0 Å². The molecule has 15 nitrogen and oxygen atoms in total. The molecule has 352 valence electrons. The molecule has 1 aliphatic carbocycles. The number of benzene rings is 7. The van der Waals surface area contributed by atoms with Crippen molar-refractivity contribution in [2.75, 3.05) is 21.0 Å². The minimum atomic E-state index is -4.94. The summed E-state index contributed by atoms with van der Waals surface area (Å²) in [5.74, 6) is 0.240. The van der Waals surface area contributed by atoms with Crippen LogP contribution in [0.15, 0.2) is 127 Å². The van der Waals surface area contributed by atoms with Crippen LogP contribution >= 0.6 is 0 Å². The number of fused-ring (bicyclic) bond motifs is 3. The summed E-state index contributed by atoms with van der Waals surface area (Å²) in [5.41, 5.74) is 5.76. The molecule has 0 bridgehead atoms. The van der Waals surface area contributed by atoms with Gasteiger partial charge in [0.2, 0.25) is 10.0 Å². The van der Waals surface area contributed by atoms with E-state index < -0.39 is 45.2 Å². The summed E-state index contributed by atoms with van der Waals surface area (Å²) in [4.78, 5) is 3.99. The van der Waals surface area contributed by atoms with E-state index in [2.05, 4.69) is 14.8 Å². The number of aryl methyl sites for hydroxylation is 3. The van der Waals surface area contributed by atoms with Gasteiger partial charge in [-0.25, -0.2) is 21.8 Å². The predicted octanol–water partition coefficient (Wildman–Crippen LogP) is 10.2. The van der Waals surface area contributed by atoms with Gasteiger partial charge in [0.1, 0.15) is 21.1 Å². The highest BCUT2D eigenvalue weighted by Crippen LogP contribution is 2.45. The molecule has 6 aromatic carbocycles. The van der Waals surface area contributed by atoms with Crippen molar-refractivity contribution in [3.63, 3.8) is 0 Å². The second-order valence-corrected chi connectivity index (χ2v) is 22.9. The van der Waals surface area contributed by atoms with Gasteiger partial charge in [-0.1, -0.05) is 54.6 Å². The highest BCUT2D eigenvalue weighted by atomic mass is 32.2. The Morgan fingerprint density at radius 2 is 1.19 bits per heavy atom. The summed E-state index contributed by atoms with van der Waals surface area (Å²) in [6.07, 6.45) is 1.06. The Bertz CT molecular complexity index is 3960. The van der Waals surface area contributed by atoms with E-state index in [4.69, 9.17) is 9.41 Å². The third kappa shape index (κ3) is 8.95. The van der Waals surface area contributed by atoms with E-state index in [-0.39, 0.29) is 49.2 Å². The van der Waals surface area contributed by atoms with Gasteiger partial charge in [-0.2, -0.15) is 16.8 Å². The van der Waals surface area contributed by atoms with Crippen LogP contribution in [0.3, 0.4) is 0 Å². The second kappa shape index (κ2) is 17.2. The number of nitrogens with one attached hydrogen (secondary N) is 3. The summed E-state index contributed by atoms with van der Waals surface area (Å²) in [7, 11) is -17.7. The lowest BCUT2D eigenvalue weighted by Crippen LogP contribution is -2.18. The van der Waals surface area contributed by atoms with Gasteiger partial charge in [0.15, 0.2) is 0 Å². The van der Waals surface area contributed by atoms with Gasteiger partial charge in [0, 0.05) is 51.0 Å². The molecular weight excluding hydrogens is 949 g/mol. The topological polar surface area (TPSA) is 239 Å². The first-order valence-electron chi connectivity index (χ1n) is 20.9. The van der Waals surface area contributed by atoms with Gasteiger partial charge in [-0.05, 0) is 129 Å². The molecule has 0 atom stereocenters. The Hall–Kier alpha value is -6.61. The van der Waals surface area contributed by atoms with Crippen LogP contribution in [0.1, 0.15) is 38.9 Å². The first-order valence-corrected chi connectivity index (χ1v) is 27.1. The maximum absolute atomic E-state index is 14.2. The summed E-state index contributed by atoms with van der Waals surface area (Å²) < 4.78 is 138. The lowest BCUT2D eigenvalue weighted by Gasteiger charge is -2.23. The van der Waals surface area contributed by atoms with Crippen LogP contribution in [0.25, 0.3) is 44.2 Å². The average Bonchev–Trinajstić information content (AvgIpc) is 3.25. The Morgan fingerprint density at radius 3 is 1.88 bits per heavy atom. The van der Waals surface area contributed by atoms with Crippen molar-refractivity contribution in [2.45, 2.75) is 63.2 Å². The zero-order chi connectivity index (χ0) is 49.4.